The average Bonchev–Trinajstić information content (AvgIpc) is 2.64. The van der Waals surface area contributed by atoms with Gasteiger partial charge in [0.05, 0.1) is 27.3 Å². The highest BCUT2D eigenvalue weighted by molar-refractivity contribution is 7.91. The van der Waals surface area contributed by atoms with Crippen molar-refractivity contribution in [3.63, 3.8) is 0 Å². The number of nitrogens with one attached hydrogen (secondary N) is 2. The van der Waals surface area contributed by atoms with Crippen LogP contribution >= 0.6 is 11.6 Å². The van der Waals surface area contributed by atoms with Crippen molar-refractivity contribution in [1.82, 2.24) is 10.6 Å². The van der Waals surface area contributed by atoms with Gasteiger partial charge in [0, 0.05) is 13.0 Å². The summed E-state index contributed by atoms with van der Waals surface area (Å²) in [4.78, 5) is 24.5. The predicted octanol–water partition coefficient (Wildman–Crippen LogP) is 2.63. The molecule has 2 aromatic rings. The second-order valence-corrected chi connectivity index (χ2v) is 8.88. The lowest BCUT2D eigenvalue weighted by Gasteiger charge is -2.26. The lowest BCUT2D eigenvalue weighted by Crippen LogP contribution is -2.36. The van der Waals surface area contributed by atoms with Gasteiger partial charge in [-0.25, -0.2) is 12.8 Å². The Hall–Kier alpha value is -2.45. The molecule has 1 heterocycles. The summed E-state index contributed by atoms with van der Waals surface area (Å²) in [5.74, 6) is -1.40. The zero-order valence-electron chi connectivity index (χ0n) is 14.7. The molecule has 6 nitrogen and oxygen atoms in total. The molecule has 9 heteroatoms. The van der Waals surface area contributed by atoms with Gasteiger partial charge in [0.2, 0.25) is 5.91 Å². The van der Waals surface area contributed by atoms with Gasteiger partial charge in [-0.05, 0) is 36.2 Å². The first-order chi connectivity index (χ1) is 13.3. The van der Waals surface area contributed by atoms with Gasteiger partial charge >= 0.3 is 0 Å². The number of carbonyl (C=O) groups excluding carboxylic acids is 2. The third kappa shape index (κ3) is 4.51. The van der Waals surface area contributed by atoms with Gasteiger partial charge in [-0.3, -0.25) is 9.59 Å². The van der Waals surface area contributed by atoms with Crippen molar-refractivity contribution in [2.75, 3.05) is 12.3 Å². The molecule has 0 fully saturated rings. The topological polar surface area (TPSA) is 92.3 Å². The molecular formula is C19H18ClFN2O4S. The van der Waals surface area contributed by atoms with Gasteiger partial charge in [0.15, 0.2) is 9.84 Å². The van der Waals surface area contributed by atoms with Crippen LogP contribution in [0, 0.1) is 5.82 Å². The van der Waals surface area contributed by atoms with Crippen molar-refractivity contribution in [3.8, 4) is 0 Å². The molecule has 1 unspecified atom stereocenters. The second kappa shape index (κ2) is 8.28. The fourth-order valence-corrected chi connectivity index (χ4v) is 4.94. The smallest absolute Gasteiger partial charge is 0.252 e. The highest BCUT2D eigenvalue weighted by Crippen LogP contribution is 2.31. The van der Waals surface area contributed by atoms with Crippen LogP contribution in [0.25, 0.3) is 0 Å². The Labute approximate surface area is 167 Å². The van der Waals surface area contributed by atoms with E-state index in [1.165, 1.54) is 12.1 Å². The number of hydrogen-bond acceptors (Lipinski definition) is 4. The van der Waals surface area contributed by atoms with Crippen LogP contribution in [-0.2, 0) is 14.6 Å². The Balaban J connectivity index is 1.56. The van der Waals surface area contributed by atoms with Crippen LogP contribution in [0.15, 0.2) is 47.4 Å². The molecule has 0 aromatic heterocycles. The highest BCUT2D eigenvalue weighted by atomic mass is 35.5. The van der Waals surface area contributed by atoms with E-state index >= 15 is 0 Å². The Morgan fingerprint density at radius 1 is 1.18 bits per heavy atom. The van der Waals surface area contributed by atoms with Gasteiger partial charge in [-0.2, -0.15) is 0 Å². The van der Waals surface area contributed by atoms with Crippen LogP contribution in [0.3, 0.4) is 0 Å². The van der Waals surface area contributed by atoms with Gasteiger partial charge < -0.3 is 10.6 Å². The van der Waals surface area contributed by atoms with E-state index in [-0.39, 0.29) is 40.1 Å². The predicted molar refractivity (Wildman–Crippen MR) is 102 cm³/mol. The molecule has 0 spiro atoms. The molecule has 0 aliphatic carbocycles. The number of fused-ring (bicyclic) bond motifs is 1. The minimum absolute atomic E-state index is 0.00989. The van der Waals surface area contributed by atoms with Gasteiger partial charge in [0.1, 0.15) is 5.82 Å². The molecule has 28 heavy (non-hydrogen) atoms. The number of amides is 2. The van der Waals surface area contributed by atoms with Crippen LogP contribution in [-0.4, -0.2) is 32.5 Å². The van der Waals surface area contributed by atoms with E-state index in [2.05, 4.69) is 10.6 Å². The Kier molecular flexibility index (Phi) is 6.00. The van der Waals surface area contributed by atoms with E-state index < -0.39 is 27.6 Å². The minimum atomic E-state index is -3.32. The Morgan fingerprint density at radius 3 is 2.68 bits per heavy atom. The molecule has 0 bridgehead atoms. The molecule has 0 saturated heterocycles. The number of carbonyl (C=O) groups is 2. The number of sulfone groups is 1. The maximum atomic E-state index is 13.0. The van der Waals surface area contributed by atoms with Crippen molar-refractivity contribution >= 4 is 33.3 Å². The molecule has 1 aliphatic heterocycles. The fourth-order valence-electron chi connectivity index (χ4n) is 3.06. The van der Waals surface area contributed by atoms with Gasteiger partial charge in [0.25, 0.3) is 5.91 Å². The van der Waals surface area contributed by atoms with E-state index in [0.717, 1.165) is 12.1 Å². The maximum absolute atomic E-state index is 13.0. The van der Waals surface area contributed by atoms with E-state index in [9.17, 15) is 22.4 Å². The molecule has 2 N–H and O–H groups in total. The number of benzene rings is 2. The highest BCUT2D eigenvalue weighted by Gasteiger charge is 2.30. The maximum Gasteiger partial charge on any atom is 0.252 e. The zero-order valence-corrected chi connectivity index (χ0v) is 16.3. The van der Waals surface area contributed by atoms with E-state index in [1.807, 2.05) is 0 Å². The van der Waals surface area contributed by atoms with Crippen molar-refractivity contribution in [2.45, 2.75) is 23.8 Å². The first kappa shape index (κ1) is 20.3. The normalized spacial score (nSPS) is 17.4. The van der Waals surface area contributed by atoms with Crippen LogP contribution in [0.1, 0.15) is 34.8 Å². The molecule has 0 saturated carbocycles. The van der Waals surface area contributed by atoms with Crippen molar-refractivity contribution in [3.05, 3.63) is 64.4 Å². The van der Waals surface area contributed by atoms with Crippen LogP contribution in [0.4, 0.5) is 4.39 Å². The Morgan fingerprint density at radius 2 is 1.93 bits per heavy atom. The first-order valence-electron chi connectivity index (χ1n) is 8.62. The monoisotopic (exact) mass is 424 g/mol. The molecule has 2 aromatic carbocycles. The summed E-state index contributed by atoms with van der Waals surface area (Å²) in [7, 11) is -3.32. The number of hydrogen-bond donors (Lipinski definition) is 2. The molecule has 0 radical (unpaired) electrons. The second-order valence-electron chi connectivity index (χ2n) is 6.40. The molecule has 1 atom stereocenters. The summed E-state index contributed by atoms with van der Waals surface area (Å²) >= 11 is 5.84. The molecule has 1 aliphatic rings. The third-order valence-electron chi connectivity index (χ3n) is 4.45. The van der Waals surface area contributed by atoms with Gasteiger partial charge in [-0.15, -0.1) is 0 Å². The van der Waals surface area contributed by atoms with Crippen LogP contribution < -0.4 is 10.6 Å². The van der Waals surface area contributed by atoms with Crippen molar-refractivity contribution < 1.29 is 22.4 Å². The lowest BCUT2D eigenvalue weighted by molar-refractivity contribution is -0.121. The average molecular weight is 425 g/mol. The molecule has 148 valence electrons. The molecule has 2 amide bonds. The van der Waals surface area contributed by atoms with Crippen molar-refractivity contribution in [2.24, 2.45) is 0 Å². The van der Waals surface area contributed by atoms with Crippen LogP contribution in [0.5, 0.6) is 0 Å². The summed E-state index contributed by atoms with van der Waals surface area (Å²) in [6.07, 6.45) is 0.304. The summed E-state index contributed by atoms with van der Waals surface area (Å²) in [5, 5.41) is 5.36. The standard InChI is InChI=1S/C19H18ClFN2O4S/c20-15-11-12(21)5-6-13(15)19(25)22-9-7-18(24)23-16-8-10-28(26,27)17-4-2-1-3-14(16)17/h1-6,11,16H,7-10H2,(H,22,25)(H,23,24). The summed E-state index contributed by atoms with van der Waals surface area (Å²) in [5.41, 5.74) is 0.694. The fraction of sp³-hybridized carbons (Fsp3) is 0.263. The largest absolute Gasteiger partial charge is 0.351 e. The number of halogens is 2. The quantitative estimate of drug-likeness (QED) is 0.771. The summed E-state index contributed by atoms with van der Waals surface area (Å²) < 4.78 is 37.3. The summed E-state index contributed by atoms with van der Waals surface area (Å²) in [6, 6.07) is 9.65. The Bertz CT molecular complexity index is 1030. The summed E-state index contributed by atoms with van der Waals surface area (Å²) in [6.45, 7) is 0.0606. The first-order valence-corrected chi connectivity index (χ1v) is 10.7. The molecule has 3 rings (SSSR count). The van der Waals surface area contributed by atoms with Crippen molar-refractivity contribution in [1.29, 1.82) is 0 Å². The van der Waals surface area contributed by atoms with E-state index in [4.69, 9.17) is 11.6 Å². The molecular weight excluding hydrogens is 407 g/mol. The van der Waals surface area contributed by atoms with E-state index in [0.29, 0.717) is 12.0 Å². The SMILES string of the molecule is O=C(CCNC(=O)c1ccc(F)cc1Cl)NC1CCS(=O)(=O)c2ccccc21. The minimum Gasteiger partial charge on any atom is -0.351 e. The lowest BCUT2D eigenvalue weighted by atomic mass is 10.0. The zero-order chi connectivity index (χ0) is 20.3. The third-order valence-corrected chi connectivity index (χ3v) is 6.58. The van der Waals surface area contributed by atoms with Crippen LogP contribution in [0.2, 0.25) is 5.02 Å². The van der Waals surface area contributed by atoms with E-state index in [1.54, 1.807) is 18.2 Å². The van der Waals surface area contributed by atoms with Gasteiger partial charge in [-0.1, -0.05) is 29.8 Å². The number of rotatable bonds is 5.